The average molecular weight is 244 g/mol. The third-order valence-electron chi connectivity index (χ3n) is 2.91. The molecule has 1 aromatic rings. The number of para-hydroxylation sites is 1. The van der Waals surface area contributed by atoms with E-state index in [-0.39, 0.29) is 11.5 Å². The normalized spacial score (nSPS) is 17.6. The summed E-state index contributed by atoms with van der Waals surface area (Å²) in [6, 6.07) is 9.13. The molecule has 4 nitrogen and oxygen atoms in total. The number of allylic oxidation sites excluding steroid dienone is 1. The summed E-state index contributed by atoms with van der Waals surface area (Å²) in [5.41, 5.74) is 1.65. The van der Waals surface area contributed by atoms with Gasteiger partial charge in [0.05, 0.1) is 5.57 Å². The van der Waals surface area contributed by atoms with Gasteiger partial charge >= 0.3 is 0 Å². The summed E-state index contributed by atoms with van der Waals surface area (Å²) in [4.78, 5) is 23.1. The molecule has 4 heteroatoms. The van der Waals surface area contributed by atoms with Gasteiger partial charge in [-0.05, 0) is 31.4 Å². The van der Waals surface area contributed by atoms with Crippen molar-refractivity contribution in [3.05, 3.63) is 41.6 Å². The standard InChI is InChI=1S/C14H16N2O2/c17-10-12(13-8-4-5-9-15-13)14(18)16-11-6-2-1-3-7-11/h1-3,6-7,10,15H,4-5,8-9H2,(H,16,18)/b13-12-. The van der Waals surface area contributed by atoms with Gasteiger partial charge in [0.15, 0.2) is 6.29 Å². The lowest BCUT2D eigenvalue weighted by atomic mass is 10.0. The highest BCUT2D eigenvalue weighted by atomic mass is 16.2. The van der Waals surface area contributed by atoms with Gasteiger partial charge in [0, 0.05) is 17.9 Å². The summed E-state index contributed by atoms with van der Waals surface area (Å²) in [5, 5.41) is 5.85. The number of hydrogen-bond donors (Lipinski definition) is 2. The molecular weight excluding hydrogens is 228 g/mol. The molecule has 18 heavy (non-hydrogen) atoms. The number of carbonyl (C=O) groups excluding carboxylic acids is 2. The lowest BCUT2D eigenvalue weighted by Gasteiger charge is -2.18. The maximum atomic E-state index is 12.0. The lowest BCUT2D eigenvalue weighted by molar-refractivity contribution is -0.115. The number of aldehydes is 1. The number of hydrogen-bond acceptors (Lipinski definition) is 3. The van der Waals surface area contributed by atoms with Crippen LogP contribution >= 0.6 is 0 Å². The highest BCUT2D eigenvalue weighted by molar-refractivity contribution is 6.17. The van der Waals surface area contributed by atoms with E-state index in [2.05, 4.69) is 10.6 Å². The molecule has 1 aromatic carbocycles. The largest absolute Gasteiger partial charge is 0.388 e. The Morgan fingerprint density at radius 1 is 1.22 bits per heavy atom. The van der Waals surface area contributed by atoms with E-state index in [1.807, 2.05) is 18.2 Å². The van der Waals surface area contributed by atoms with Gasteiger partial charge in [0.2, 0.25) is 0 Å². The lowest BCUT2D eigenvalue weighted by Crippen LogP contribution is -2.26. The molecule has 1 heterocycles. The van der Waals surface area contributed by atoms with E-state index < -0.39 is 0 Å². The van der Waals surface area contributed by atoms with Crippen LogP contribution in [0.15, 0.2) is 41.6 Å². The molecule has 0 aliphatic carbocycles. The molecule has 1 fully saturated rings. The first-order chi connectivity index (χ1) is 8.81. The van der Waals surface area contributed by atoms with Crippen molar-refractivity contribution >= 4 is 17.9 Å². The smallest absolute Gasteiger partial charge is 0.260 e. The van der Waals surface area contributed by atoms with Crippen LogP contribution in [0.4, 0.5) is 5.69 Å². The molecule has 0 unspecified atom stereocenters. The molecule has 0 bridgehead atoms. The van der Waals surface area contributed by atoms with Gasteiger partial charge in [-0.15, -0.1) is 0 Å². The van der Waals surface area contributed by atoms with Crippen molar-refractivity contribution in [2.75, 3.05) is 11.9 Å². The second kappa shape index (κ2) is 6.00. The van der Waals surface area contributed by atoms with Crippen LogP contribution in [0.3, 0.4) is 0 Å². The molecule has 0 saturated carbocycles. The van der Waals surface area contributed by atoms with Crippen LogP contribution in [0.25, 0.3) is 0 Å². The predicted molar refractivity (Wildman–Crippen MR) is 70.0 cm³/mol. The van der Waals surface area contributed by atoms with Crippen LogP contribution in [0.5, 0.6) is 0 Å². The fourth-order valence-corrected chi connectivity index (χ4v) is 1.97. The number of nitrogens with one attached hydrogen (secondary N) is 2. The molecule has 0 spiro atoms. The number of amides is 1. The highest BCUT2D eigenvalue weighted by Gasteiger charge is 2.16. The minimum atomic E-state index is -0.347. The van der Waals surface area contributed by atoms with E-state index >= 15 is 0 Å². The quantitative estimate of drug-likeness (QED) is 0.369. The predicted octanol–water partition coefficient (Wildman–Crippen LogP) is 1.85. The zero-order chi connectivity index (χ0) is 12.8. The number of rotatable bonds is 3. The first-order valence-electron chi connectivity index (χ1n) is 6.10. The Kier molecular flexibility index (Phi) is 4.12. The molecule has 1 aliphatic heterocycles. The van der Waals surface area contributed by atoms with Crippen LogP contribution in [0.1, 0.15) is 19.3 Å². The SMILES string of the molecule is O=C/C(C(=O)Nc1ccccc1)=C1\CCCCN1. The van der Waals surface area contributed by atoms with Gasteiger partial charge in [-0.3, -0.25) is 9.59 Å². The summed E-state index contributed by atoms with van der Waals surface area (Å²) < 4.78 is 0. The van der Waals surface area contributed by atoms with Gasteiger partial charge in [-0.2, -0.15) is 0 Å². The Morgan fingerprint density at radius 3 is 2.61 bits per heavy atom. The molecule has 0 radical (unpaired) electrons. The zero-order valence-electron chi connectivity index (χ0n) is 10.1. The van der Waals surface area contributed by atoms with E-state index in [1.165, 1.54) is 0 Å². The molecule has 2 rings (SSSR count). The minimum Gasteiger partial charge on any atom is -0.388 e. The molecule has 1 amide bonds. The van der Waals surface area contributed by atoms with Gasteiger partial charge in [-0.25, -0.2) is 0 Å². The van der Waals surface area contributed by atoms with Crippen LogP contribution in [-0.4, -0.2) is 18.7 Å². The number of carbonyl (C=O) groups is 2. The highest BCUT2D eigenvalue weighted by Crippen LogP contribution is 2.15. The molecular formula is C14H16N2O2. The number of piperidine rings is 1. The average Bonchev–Trinajstić information content (AvgIpc) is 2.42. The van der Waals surface area contributed by atoms with Gasteiger partial charge in [0.25, 0.3) is 5.91 Å². The van der Waals surface area contributed by atoms with Crippen LogP contribution in [0, 0.1) is 0 Å². The van der Waals surface area contributed by atoms with E-state index in [4.69, 9.17) is 0 Å². The first kappa shape index (κ1) is 12.4. The van der Waals surface area contributed by atoms with E-state index in [0.717, 1.165) is 31.5 Å². The summed E-state index contributed by atoms with van der Waals surface area (Å²) >= 11 is 0. The number of benzene rings is 1. The Hall–Kier alpha value is -2.10. The van der Waals surface area contributed by atoms with Crippen molar-refractivity contribution < 1.29 is 9.59 Å². The van der Waals surface area contributed by atoms with Crippen LogP contribution in [-0.2, 0) is 9.59 Å². The third kappa shape index (κ3) is 2.97. The van der Waals surface area contributed by atoms with Crippen LogP contribution in [0.2, 0.25) is 0 Å². The third-order valence-corrected chi connectivity index (χ3v) is 2.91. The van der Waals surface area contributed by atoms with E-state index in [0.29, 0.717) is 12.0 Å². The fourth-order valence-electron chi connectivity index (χ4n) is 1.97. The molecule has 0 aromatic heterocycles. The van der Waals surface area contributed by atoms with Crippen molar-refractivity contribution in [2.45, 2.75) is 19.3 Å². The van der Waals surface area contributed by atoms with E-state index in [9.17, 15) is 9.59 Å². The summed E-state index contributed by atoms with van der Waals surface area (Å²) in [6.07, 6.45) is 3.48. The van der Waals surface area contributed by atoms with E-state index in [1.54, 1.807) is 12.1 Å². The summed E-state index contributed by atoms with van der Waals surface area (Å²) in [6.45, 7) is 0.825. The Bertz CT molecular complexity index is 458. The van der Waals surface area contributed by atoms with Crippen molar-refractivity contribution in [3.8, 4) is 0 Å². The monoisotopic (exact) mass is 244 g/mol. The Morgan fingerprint density at radius 2 is 2.00 bits per heavy atom. The molecule has 0 atom stereocenters. The van der Waals surface area contributed by atoms with Gasteiger partial charge in [-0.1, -0.05) is 18.2 Å². The van der Waals surface area contributed by atoms with Crippen molar-refractivity contribution in [3.63, 3.8) is 0 Å². The fraction of sp³-hybridized carbons (Fsp3) is 0.286. The zero-order valence-corrected chi connectivity index (χ0v) is 10.1. The summed E-state index contributed by atoms with van der Waals surface area (Å²) in [5.74, 6) is -0.347. The molecule has 2 N–H and O–H groups in total. The topological polar surface area (TPSA) is 58.2 Å². The van der Waals surface area contributed by atoms with Crippen LogP contribution < -0.4 is 10.6 Å². The van der Waals surface area contributed by atoms with Crippen molar-refractivity contribution in [1.29, 1.82) is 0 Å². The van der Waals surface area contributed by atoms with Gasteiger partial charge in [0.1, 0.15) is 0 Å². The Balaban J connectivity index is 2.13. The number of anilines is 1. The first-order valence-corrected chi connectivity index (χ1v) is 6.10. The van der Waals surface area contributed by atoms with Crippen molar-refractivity contribution in [2.24, 2.45) is 0 Å². The van der Waals surface area contributed by atoms with Gasteiger partial charge < -0.3 is 10.6 Å². The minimum absolute atomic E-state index is 0.207. The summed E-state index contributed by atoms with van der Waals surface area (Å²) in [7, 11) is 0. The Labute approximate surface area is 106 Å². The maximum absolute atomic E-state index is 12.0. The molecule has 1 aliphatic rings. The second-order valence-electron chi connectivity index (χ2n) is 4.21. The molecule has 94 valence electrons. The maximum Gasteiger partial charge on any atom is 0.260 e. The van der Waals surface area contributed by atoms with Crippen molar-refractivity contribution in [1.82, 2.24) is 5.32 Å². The second-order valence-corrected chi connectivity index (χ2v) is 4.21. The molecule has 1 saturated heterocycles.